The van der Waals surface area contributed by atoms with E-state index in [9.17, 15) is 4.79 Å². The molecule has 0 fully saturated rings. The summed E-state index contributed by atoms with van der Waals surface area (Å²) in [5.74, 6) is 0.344. The molecule has 1 N–H and O–H groups in total. The van der Waals surface area contributed by atoms with Gasteiger partial charge in [-0.15, -0.1) is 0 Å². The van der Waals surface area contributed by atoms with Crippen molar-refractivity contribution < 1.29 is 9.53 Å². The van der Waals surface area contributed by atoms with Gasteiger partial charge in [0, 0.05) is 5.02 Å². The molecule has 0 radical (unpaired) electrons. The molecule has 0 saturated heterocycles. The van der Waals surface area contributed by atoms with Crippen LogP contribution in [0.4, 0.5) is 0 Å². The van der Waals surface area contributed by atoms with Crippen LogP contribution in [-0.4, -0.2) is 18.2 Å². The fraction of sp³-hybridized carbons (Fsp3) is 0.176. The number of nitrogens with one attached hydrogen (secondary N) is 1. The molecule has 0 aromatic heterocycles. The maximum atomic E-state index is 11.9. The lowest BCUT2D eigenvalue weighted by Crippen LogP contribution is -2.33. The van der Waals surface area contributed by atoms with Gasteiger partial charge >= 0.3 is 0 Å². The summed E-state index contributed by atoms with van der Waals surface area (Å²) in [6.07, 6.45) is 0.914. The van der Waals surface area contributed by atoms with Crippen molar-refractivity contribution in [1.29, 1.82) is 0 Å². The molecule has 2 aromatic carbocycles. The number of hydrogen-bond donors (Lipinski definition) is 1. The van der Waals surface area contributed by atoms with E-state index >= 15 is 0 Å². The largest absolute Gasteiger partial charge is 0.481 e. The number of halogens is 1. The van der Waals surface area contributed by atoms with Gasteiger partial charge in [0.2, 0.25) is 0 Å². The van der Waals surface area contributed by atoms with Crippen LogP contribution in [0.5, 0.6) is 5.75 Å². The first-order chi connectivity index (χ1) is 10.5. The number of amides is 1. The summed E-state index contributed by atoms with van der Waals surface area (Å²) < 4.78 is 5.57. The number of carbonyl (C=O) groups excluding carboxylic acids is 1. The summed E-state index contributed by atoms with van der Waals surface area (Å²) in [7, 11) is 0. The quantitative estimate of drug-likeness (QED) is 0.677. The van der Waals surface area contributed by atoms with Crippen molar-refractivity contribution in [2.24, 2.45) is 5.10 Å². The van der Waals surface area contributed by atoms with Crippen LogP contribution in [0.15, 0.2) is 53.6 Å². The summed E-state index contributed by atoms with van der Waals surface area (Å²) in [5.41, 5.74) is 4.37. The second-order valence-electron chi connectivity index (χ2n) is 4.86. The van der Waals surface area contributed by atoms with Gasteiger partial charge in [-0.25, -0.2) is 5.43 Å². The zero-order valence-electron chi connectivity index (χ0n) is 12.4. The van der Waals surface area contributed by atoms with E-state index in [1.807, 2.05) is 43.3 Å². The molecule has 4 nitrogen and oxygen atoms in total. The van der Waals surface area contributed by atoms with Crippen molar-refractivity contribution in [3.63, 3.8) is 0 Å². The summed E-state index contributed by atoms with van der Waals surface area (Å²) in [6.45, 7) is 3.64. The lowest BCUT2D eigenvalue weighted by Gasteiger charge is -2.13. The normalized spacial score (nSPS) is 12.1. The molecule has 0 unspecified atom stereocenters. The zero-order chi connectivity index (χ0) is 15.9. The highest BCUT2D eigenvalue weighted by Gasteiger charge is 2.13. The third-order valence-electron chi connectivity index (χ3n) is 2.93. The molecule has 0 heterocycles. The lowest BCUT2D eigenvalue weighted by atomic mass is 10.2. The average Bonchev–Trinajstić information content (AvgIpc) is 2.49. The highest BCUT2D eigenvalue weighted by molar-refractivity contribution is 6.30. The van der Waals surface area contributed by atoms with Crippen molar-refractivity contribution in [2.45, 2.75) is 20.0 Å². The molecule has 2 aromatic rings. The predicted molar refractivity (Wildman–Crippen MR) is 88.5 cm³/mol. The molecule has 0 aliphatic rings. The number of rotatable bonds is 5. The van der Waals surface area contributed by atoms with Crippen molar-refractivity contribution in [3.05, 3.63) is 64.7 Å². The van der Waals surface area contributed by atoms with Gasteiger partial charge in [-0.2, -0.15) is 5.10 Å². The maximum absolute atomic E-state index is 11.9. The molecule has 0 saturated carbocycles. The van der Waals surface area contributed by atoms with E-state index in [1.54, 1.807) is 25.3 Å². The minimum absolute atomic E-state index is 0.313. The van der Waals surface area contributed by atoms with Crippen LogP contribution in [0.2, 0.25) is 5.02 Å². The van der Waals surface area contributed by atoms with Crippen LogP contribution in [0.3, 0.4) is 0 Å². The Morgan fingerprint density at radius 2 is 2.00 bits per heavy atom. The third-order valence-corrected chi connectivity index (χ3v) is 3.18. The number of hydrazone groups is 1. The average molecular weight is 317 g/mol. The van der Waals surface area contributed by atoms with Crippen molar-refractivity contribution >= 4 is 23.7 Å². The SMILES string of the molecule is Cc1cccc(O[C@H](C)C(=O)N/N=C\c2ccc(Cl)cc2)c1. The summed E-state index contributed by atoms with van der Waals surface area (Å²) in [4.78, 5) is 11.9. The molecule has 0 spiro atoms. The van der Waals surface area contributed by atoms with Gasteiger partial charge in [0.05, 0.1) is 6.21 Å². The van der Waals surface area contributed by atoms with E-state index in [2.05, 4.69) is 10.5 Å². The van der Waals surface area contributed by atoms with Crippen LogP contribution in [-0.2, 0) is 4.79 Å². The molecule has 1 amide bonds. The molecule has 5 heteroatoms. The Hall–Kier alpha value is -2.33. The standard InChI is InChI=1S/C17H17ClN2O2/c1-12-4-3-5-16(10-12)22-13(2)17(21)20-19-11-14-6-8-15(18)9-7-14/h3-11,13H,1-2H3,(H,20,21)/b19-11-/t13-/m1/s1. The van der Waals surface area contributed by atoms with Gasteiger partial charge in [0.15, 0.2) is 6.10 Å². The Bertz CT molecular complexity index is 669. The summed E-state index contributed by atoms with van der Waals surface area (Å²) >= 11 is 5.80. The van der Waals surface area contributed by atoms with Gasteiger partial charge in [-0.1, -0.05) is 35.9 Å². The molecule has 0 aliphatic carbocycles. The Balaban J connectivity index is 1.87. The van der Waals surface area contributed by atoms with Gasteiger partial charge in [0.1, 0.15) is 5.75 Å². The Labute approximate surface area is 134 Å². The highest BCUT2D eigenvalue weighted by atomic mass is 35.5. The van der Waals surface area contributed by atoms with Gasteiger partial charge in [-0.05, 0) is 49.2 Å². The first-order valence-corrected chi connectivity index (χ1v) is 7.24. The van der Waals surface area contributed by atoms with Crippen molar-refractivity contribution in [3.8, 4) is 5.75 Å². The maximum Gasteiger partial charge on any atom is 0.280 e. The van der Waals surface area contributed by atoms with Gasteiger partial charge in [0.25, 0.3) is 5.91 Å². The van der Waals surface area contributed by atoms with E-state index in [4.69, 9.17) is 16.3 Å². The van der Waals surface area contributed by atoms with Crippen LogP contribution in [0.1, 0.15) is 18.1 Å². The Morgan fingerprint density at radius 3 is 2.68 bits per heavy atom. The molecule has 0 aliphatic heterocycles. The predicted octanol–water partition coefficient (Wildman–Crippen LogP) is 3.57. The summed E-state index contributed by atoms with van der Waals surface area (Å²) in [5, 5.41) is 4.56. The lowest BCUT2D eigenvalue weighted by molar-refractivity contribution is -0.127. The molecule has 22 heavy (non-hydrogen) atoms. The van der Waals surface area contributed by atoms with Crippen LogP contribution in [0.25, 0.3) is 0 Å². The van der Waals surface area contributed by atoms with Crippen LogP contribution < -0.4 is 10.2 Å². The number of ether oxygens (including phenoxy) is 1. The third kappa shape index (κ3) is 4.90. The van der Waals surface area contributed by atoms with E-state index < -0.39 is 6.10 Å². The van der Waals surface area contributed by atoms with Gasteiger partial charge < -0.3 is 4.74 Å². The van der Waals surface area contributed by atoms with E-state index in [1.165, 1.54) is 0 Å². The Kier molecular flexibility index (Phi) is 5.55. The smallest absolute Gasteiger partial charge is 0.280 e. The van der Waals surface area contributed by atoms with Gasteiger partial charge in [-0.3, -0.25) is 4.79 Å². The topological polar surface area (TPSA) is 50.7 Å². The van der Waals surface area contributed by atoms with Crippen molar-refractivity contribution in [1.82, 2.24) is 5.43 Å². The minimum Gasteiger partial charge on any atom is -0.481 e. The second kappa shape index (κ2) is 7.61. The molecular formula is C17H17ClN2O2. The van der Waals surface area contributed by atoms with E-state index in [-0.39, 0.29) is 5.91 Å². The summed E-state index contributed by atoms with van der Waals surface area (Å²) in [6, 6.07) is 14.7. The van der Waals surface area contributed by atoms with Crippen LogP contribution in [0, 0.1) is 6.92 Å². The number of benzene rings is 2. The second-order valence-corrected chi connectivity index (χ2v) is 5.30. The van der Waals surface area contributed by atoms with E-state index in [0.29, 0.717) is 10.8 Å². The van der Waals surface area contributed by atoms with Crippen molar-refractivity contribution in [2.75, 3.05) is 0 Å². The first-order valence-electron chi connectivity index (χ1n) is 6.86. The van der Waals surface area contributed by atoms with Crippen LogP contribution >= 0.6 is 11.6 Å². The highest BCUT2D eigenvalue weighted by Crippen LogP contribution is 2.14. The fourth-order valence-corrected chi connectivity index (χ4v) is 1.88. The minimum atomic E-state index is -0.635. The first kappa shape index (κ1) is 16.0. The molecule has 114 valence electrons. The molecule has 1 atom stereocenters. The zero-order valence-corrected chi connectivity index (χ0v) is 13.2. The van der Waals surface area contributed by atoms with E-state index in [0.717, 1.165) is 11.1 Å². The number of carbonyl (C=O) groups is 1. The molecular weight excluding hydrogens is 300 g/mol. The fourth-order valence-electron chi connectivity index (χ4n) is 1.76. The molecule has 2 rings (SSSR count). The Morgan fingerprint density at radius 1 is 1.27 bits per heavy atom. The monoisotopic (exact) mass is 316 g/mol. The molecule has 0 bridgehead atoms. The number of nitrogens with zero attached hydrogens (tertiary/aromatic N) is 1. The number of aryl methyl sites for hydroxylation is 1. The number of hydrogen-bond acceptors (Lipinski definition) is 3.